The van der Waals surface area contributed by atoms with E-state index in [0.717, 1.165) is 6.42 Å². The molecule has 0 aromatic heterocycles. The van der Waals surface area contributed by atoms with Gasteiger partial charge in [0.25, 0.3) is 0 Å². The van der Waals surface area contributed by atoms with E-state index in [1.165, 1.54) is 23.3 Å². The number of ether oxygens (including phenoxy) is 1. The van der Waals surface area contributed by atoms with Crippen molar-refractivity contribution in [1.29, 1.82) is 0 Å². The van der Waals surface area contributed by atoms with E-state index in [1.807, 2.05) is 12.1 Å². The molecule has 1 nitrogen and oxygen atoms in total. The van der Waals surface area contributed by atoms with E-state index in [0.29, 0.717) is 23.8 Å². The van der Waals surface area contributed by atoms with Crippen molar-refractivity contribution >= 4 is 11.6 Å². The molecule has 0 bridgehead atoms. The summed E-state index contributed by atoms with van der Waals surface area (Å²) in [7, 11) is 0. The third kappa shape index (κ3) is 3.20. The summed E-state index contributed by atoms with van der Waals surface area (Å²) in [6, 6.07) is 12.8. The molecule has 106 valence electrons. The summed E-state index contributed by atoms with van der Waals surface area (Å²) in [5.41, 5.74) is 3.29. The van der Waals surface area contributed by atoms with Gasteiger partial charge in [-0.15, -0.1) is 11.6 Å². The first-order valence-corrected chi connectivity index (χ1v) is 7.36. The van der Waals surface area contributed by atoms with Crippen LogP contribution in [0.2, 0.25) is 0 Å². The van der Waals surface area contributed by atoms with Crippen molar-refractivity contribution < 1.29 is 9.13 Å². The highest BCUT2D eigenvalue weighted by molar-refractivity contribution is 6.19. The summed E-state index contributed by atoms with van der Waals surface area (Å²) in [5, 5.41) is 0. The Kier molecular flexibility index (Phi) is 4.13. The maximum absolute atomic E-state index is 13.5. The number of halogens is 2. The van der Waals surface area contributed by atoms with Gasteiger partial charge in [-0.3, -0.25) is 0 Å². The van der Waals surface area contributed by atoms with Crippen LogP contribution in [0.25, 0.3) is 0 Å². The summed E-state index contributed by atoms with van der Waals surface area (Å²) >= 11 is 5.51. The molecule has 0 N–H and O–H groups in total. The van der Waals surface area contributed by atoms with E-state index in [2.05, 4.69) is 24.0 Å². The van der Waals surface area contributed by atoms with Gasteiger partial charge in [-0.25, -0.2) is 4.39 Å². The van der Waals surface area contributed by atoms with Crippen LogP contribution < -0.4 is 4.74 Å². The number of benzene rings is 2. The smallest absolute Gasteiger partial charge is 0.128 e. The second-order valence-corrected chi connectivity index (χ2v) is 5.29. The Morgan fingerprint density at radius 3 is 2.90 bits per heavy atom. The summed E-state index contributed by atoms with van der Waals surface area (Å²) < 4.78 is 19.3. The van der Waals surface area contributed by atoms with E-state index in [9.17, 15) is 4.39 Å². The van der Waals surface area contributed by atoms with Gasteiger partial charge in [-0.2, -0.15) is 0 Å². The zero-order chi connectivity index (χ0) is 14.7. The van der Waals surface area contributed by atoms with Crippen LogP contribution in [-0.2, 0) is 6.42 Å². The molecule has 2 aromatic rings. The first-order chi connectivity index (χ1) is 10.3. The molecule has 3 rings (SSSR count). The monoisotopic (exact) mass is 300 g/mol. The van der Waals surface area contributed by atoms with Gasteiger partial charge in [0.2, 0.25) is 0 Å². The average Bonchev–Trinajstić information content (AvgIpc) is 2.45. The van der Waals surface area contributed by atoms with E-state index in [-0.39, 0.29) is 11.7 Å². The van der Waals surface area contributed by atoms with Crippen molar-refractivity contribution in [3.8, 4) is 17.6 Å². The Bertz CT molecular complexity index is 715. The van der Waals surface area contributed by atoms with Crippen LogP contribution in [0.3, 0.4) is 0 Å². The molecule has 1 aliphatic carbocycles. The number of alkyl halides is 1. The van der Waals surface area contributed by atoms with Gasteiger partial charge < -0.3 is 4.74 Å². The van der Waals surface area contributed by atoms with Crippen LogP contribution in [-0.4, -0.2) is 12.5 Å². The average molecular weight is 301 g/mol. The Morgan fingerprint density at radius 1 is 1.24 bits per heavy atom. The van der Waals surface area contributed by atoms with Gasteiger partial charge in [0.05, 0.1) is 12.5 Å². The lowest BCUT2D eigenvalue weighted by Gasteiger charge is -2.29. The summed E-state index contributed by atoms with van der Waals surface area (Å²) in [5.74, 6) is 6.30. The fourth-order valence-electron chi connectivity index (χ4n) is 2.56. The topological polar surface area (TPSA) is 9.23 Å². The predicted octanol–water partition coefficient (Wildman–Crippen LogP) is 4.13. The minimum Gasteiger partial charge on any atom is -0.493 e. The molecular weight excluding hydrogens is 287 g/mol. The second-order valence-electron chi connectivity index (χ2n) is 5.02. The number of rotatable bonds is 3. The number of hydrogen-bond acceptors (Lipinski definition) is 1. The summed E-state index contributed by atoms with van der Waals surface area (Å²) in [4.78, 5) is 0. The van der Waals surface area contributed by atoms with Crippen LogP contribution in [0, 0.1) is 17.7 Å². The lowest BCUT2D eigenvalue weighted by Crippen LogP contribution is -2.23. The zero-order valence-corrected chi connectivity index (χ0v) is 12.2. The minimum absolute atomic E-state index is 0.228. The third-order valence-electron chi connectivity index (χ3n) is 3.58. The highest BCUT2D eigenvalue weighted by Gasteiger charge is 2.25. The first-order valence-electron chi connectivity index (χ1n) is 6.82. The van der Waals surface area contributed by atoms with Crippen LogP contribution in [0.1, 0.15) is 22.6 Å². The Hall–Kier alpha value is -1.98. The molecule has 0 saturated carbocycles. The number of hydrogen-bond donors (Lipinski definition) is 0. The molecule has 1 atom stereocenters. The molecule has 3 heteroatoms. The Balaban J connectivity index is 1.68. The highest BCUT2D eigenvalue weighted by Crippen LogP contribution is 2.35. The van der Waals surface area contributed by atoms with Gasteiger partial charge >= 0.3 is 0 Å². The van der Waals surface area contributed by atoms with Crippen molar-refractivity contribution in [2.24, 2.45) is 0 Å². The van der Waals surface area contributed by atoms with E-state index in [1.54, 1.807) is 6.07 Å². The molecule has 0 saturated heterocycles. The van der Waals surface area contributed by atoms with Crippen LogP contribution in [0.4, 0.5) is 4.39 Å². The molecule has 0 radical (unpaired) electrons. The van der Waals surface area contributed by atoms with Crippen molar-refractivity contribution in [1.82, 2.24) is 0 Å². The molecule has 1 aliphatic rings. The SMILES string of the molecule is Fc1cc(C#CCCl)cc(OCC2Cc3ccccc32)c1. The van der Waals surface area contributed by atoms with Gasteiger partial charge in [-0.1, -0.05) is 36.1 Å². The van der Waals surface area contributed by atoms with E-state index >= 15 is 0 Å². The first kappa shape index (κ1) is 14.0. The Labute approximate surface area is 128 Å². The molecule has 0 aliphatic heterocycles. The van der Waals surface area contributed by atoms with E-state index in [4.69, 9.17) is 16.3 Å². The molecule has 0 spiro atoms. The third-order valence-corrected chi connectivity index (χ3v) is 3.72. The normalized spacial score (nSPS) is 15.4. The van der Waals surface area contributed by atoms with Crippen molar-refractivity contribution in [3.05, 3.63) is 65.0 Å². The van der Waals surface area contributed by atoms with Gasteiger partial charge in [0.1, 0.15) is 11.6 Å². The molecule has 0 amide bonds. The largest absolute Gasteiger partial charge is 0.493 e. The molecule has 0 fully saturated rings. The standard InChI is InChI=1S/C18H14ClFO/c19-7-3-4-13-8-16(20)11-17(9-13)21-12-15-10-14-5-1-2-6-18(14)15/h1-2,5-6,8-9,11,15H,7,10,12H2. The highest BCUT2D eigenvalue weighted by atomic mass is 35.5. The fraction of sp³-hybridized carbons (Fsp3) is 0.222. The molecular formula is C18H14ClFO. The Morgan fingerprint density at radius 2 is 2.10 bits per heavy atom. The second kappa shape index (κ2) is 6.20. The van der Waals surface area contributed by atoms with Gasteiger partial charge in [-0.05, 0) is 29.7 Å². The minimum atomic E-state index is -0.347. The summed E-state index contributed by atoms with van der Waals surface area (Å²) in [6.07, 6.45) is 1.02. The molecule has 1 unspecified atom stereocenters. The van der Waals surface area contributed by atoms with Crippen LogP contribution in [0.5, 0.6) is 5.75 Å². The van der Waals surface area contributed by atoms with E-state index < -0.39 is 0 Å². The van der Waals surface area contributed by atoms with Crippen molar-refractivity contribution in [2.45, 2.75) is 12.3 Å². The van der Waals surface area contributed by atoms with Gasteiger partial charge in [0.15, 0.2) is 0 Å². The lowest BCUT2D eigenvalue weighted by molar-refractivity contribution is 0.274. The number of fused-ring (bicyclic) bond motifs is 1. The predicted molar refractivity (Wildman–Crippen MR) is 82.4 cm³/mol. The maximum Gasteiger partial charge on any atom is 0.128 e. The van der Waals surface area contributed by atoms with Gasteiger partial charge in [0, 0.05) is 17.5 Å². The molecule has 2 aromatic carbocycles. The molecule has 0 heterocycles. The van der Waals surface area contributed by atoms with Crippen LogP contribution >= 0.6 is 11.6 Å². The zero-order valence-electron chi connectivity index (χ0n) is 11.4. The summed E-state index contributed by atoms with van der Waals surface area (Å²) in [6.45, 7) is 0.558. The van der Waals surface area contributed by atoms with Crippen LogP contribution in [0.15, 0.2) is 42.5 Å². The van der Waals surface area contributed by atoms with Crippen molar-refractivity contribution in [2.75, 3.05) is 12.5 Å². The maximum atomic E-state index is 13.5. The van der Waals surface area contributed by atoms with Crippen molar-refractivity contribution in [3.63, 3.8) is 0 Å². The quantitative estimate of drug-likeness (QED) is 0.611. The lowest BCUT2D eigenvalue weighted by atomic mass is 9.78. The molecule has 21 heavy (non-hydrogen) atoms. The fourth-order valence-corrected chi connectivity index (χ4v) is 2.63.